The van der Waals surface area contributed by atoms with E-state index >= 15 is 0 Å². The first-order valence-corrected chi connectivity index (χ1v) is 8.44. The maximum Gasteiger partial charge on any atom is 0.492 e. The molecule has 2 rings (SSSR count). The number of hydrogen-bond acceptors (Lipinski definition) is 7. The molecule has 0 radical (unpaired) electrons. The molecule has 1 aromatic rings. The number of rotatable bonds is 7. The molecule has 0 fully saturated rings. The number of aliphatic hydroxyl groups is 2. The highest BCUT2D eigenvalue weighted by Gasteiger charge is 2.32. The Balaban J connectivity index is 0.00000364. The zero-order valence-electron chi connectivity index (χ0n) is 16.1. The predicted molar refractivity (Wildman–Crippen MR) is 114 cm³/mol. The lowest BCUT2D eigenvalue weighted by Gasteiger charge is -2.22. The summed E-state index contributed by atoms with van der Waals surface area (Å²) in [5.41, 5.74) is 2.33. The monoisotopic (exact) mass is 433 g/mol. The predicted octanol–water partition coefficient (Wildman–Crippen LogP) is -0.911. The van der Waals surface area contributed by atoms with Crippen LogP contribution in [0.3, 0.4) is 0 Å². The van der Waals surface area contributed by atoms with Crippen LogP contribution in [0.4, 0.5) is 0 Å². The largest absolute Gasteiger partial charge is 0.492 e. The Hall–Kier alpha value is -1.24. The van der Waals surface area contributed by atoms with Gasteiger partial charge in [0.1, 0.15) is 18.8 Å². The van der Waals surface area contributed by atoms with Gasteiger partial charge in [-0.05, 0) is 35.5 Å². The quantitative estimate of drug-likeness (QED) is 0.324. The van der Waals surface area contributed by atoms with Gasteiger partial charge < -0.3 is 29.9 Å². The van der Waals surface area contributed by atoms with Crippen LogP contribution in [-0.4, -0.2) is 59.6 Å². The molecule has 28 heavy (non-hydrogen) atoms. The van der Waals surface area contributed by atoms with E-state index in [1.165, 1.54) is 0 Å². The van der Waals surface area contributed by atoms with Crippen LogP contribution < -0.4 is 10.8 Å². The summed E-state index contributed by atoms with van der Waals surface area (Å²) in [5.74, 6) is -1.41. The van der Waals surface area contributed by atoms with Gasteiger partial charge in [0.05, 0.1) is 13.2 Å². The van der Waals surface area contributed by atoms with Crippen molar-refractivity contribution < 1.29 is 34.2 Å². The van der Waals surface area contributed by atoms with Gasteiger partial charge in [-0.25, -0.2) is 4.79 Å². The summed E-state index contributed by atoms with van der Waals surface area (Å²) >= 11 is 0. The highest BCUT2D eigenvalue weighted by molar-refractivity contribution is 7.59. The van der Waals surface area contributed by atoms with E-state index in [1.54, 1.807) is 32.9 Å². The van der Waals surface area contributed by atoms with Gasteiger partial charge in [-0.2, -0.15) is 27.0 Å². The summed E-state index contributed by atoms with van der Waals surface area (Å²) in [6.45, 7) is 4.63. The van der Waals surface area contributed by atoms with Crippen molar-refractivity contribution in [3.8, 4) is 0 Å². The van der Waals surface area contributed by atoms with E-state index in [2.05, 4.69) is 5.32 Å². The molecule has 0 unspecified atom stereocenters. The molecule has 158 valence electrons. The molecule has 1 amide bonds. The third kappa shape index (κ3) is 6.13. The van der Waals surface area contributed by atoms with E-state index in [-0.39, 0.29) is 46.1 Å². The van der Waals surface area contributed by atoms with Gasteiger partial charge in [0.15, 0.2) is 0 Å². The van der Waals surface area contributed by atoms with Crippen LogP contribution >= 0.6 is 27.0 Å². The Kier molecular flexibility index (Phi) is 11.2. The Morgan fingerprint density at radius 2 is 1.96 bits per heavy atom. The van der Waals surface area contributed by atoms with Crippen molar-refractivity contribution in [2.45, 2.75) is 39.5 Å². The van der Waals surface area contributed by atoms with Crippen molar-refractivity contribution in [1.29, 1.82) is 0 Å². The van der Waals surface area contributed by atoms with Crippen molar-refractivity contribution >= 4 is 51.4 Å². The molecular formula is C17H28BNO7S2. The molecule has 11 heteroatoms. The van der Waals surface area contributed by atoms with Crippen LogP contribution in [0.5, 0.6) is 0 Å². The molecule has 8 nitrogen and oxygen atoms in total. The van der Waals surface area contributed by atoms with E-state index < -0.39 is 37.7 Å². The minimum absolute atomic E-state index is 0. The lowest BCUT2D eigenvalue weighted by Crippen LogP contribution is -2.46. The normalized spacial score (nSPS) is 14.5. The van der Waals surface area contributed by atoms with E-state index in [0.717, 1.165) is 5.56 Å². The molecule has 1 aliphatic rings. The first kappa shape index (κ1) is 26.8. The molecule has 0 aliphatic carbocycles. The van der Waals surface area contributed by atoms with Crippen molar-refractivity contribution in [3.05, 3.63) is 28.8 Å². The second kappa shape index (κ2) is 11.7. The number of benzene rings is 1. The number of aliphatic hydroxyl groups excluding tert-OH is 2. The van der Waals surface area contributed by atoms with Crippen molar-refractivity contribution in [2.24, 2.45) is 5.92 Å². The Morgan fingerprint density at radius 1 is 1.32 bits per heavy atom. The Labute approximate surface area is 178 Å². The van der Waals surface area contributed by atoms with Crippen molar-refractivity contribution in [2.75, 3.05) is 13.2 Å². The number of nitrogens with one attached hydrogen (secondary N) is 1. The highest BCUT2D eigenvalue weighted by Crippen LogP contribution is 2.17. The zero-order valence-corrected chi connectivity index (χ0v) is 18.1. The second-order valence-corrected chi connectivity index (χ2v) is 6.64. The smallest absolute Gasteiger partial charge is 0.461 e. The molecule has 2 atom stereocenters. The van der Waals surface area contributed by atoms with Gasteiger partial charge in [-0.15, -0.1) is 0 Å². The summed E-state index contributed by atoms with van der Waals surface area (Å²) in [6, 6.07) is 2.43. The lowest BCUT2D eigenvalue weighted by molar-refractivity contribution is -0.150. The number of esters is 1. The minimum atomic E-state index is -1.16. The SMILES string of the molecule is Cc1c(C(=O)N[C@H](C(=O)OC[C@@H](O)CO)C(C)C)ccc2c1B(O)OC2.S.S. The minimum Gasteiger partial charge on any atom is -0.461 e. The summed E-state index contributed by atoms with van der Waals surface area (Å²) in [5, 5.41) is 30.6. The molecule has 1 heterocycles. The molecular weight excluding hydrogens is 405 g/mol. The van der Waals surface area contributed by atoms with Crippen LogP contribution in [0, 0.1) is 12.8 Å². The average molecular weight is 433 g/mol. The fourth-order valence-corrected chi connectivity index (χ4v) is 2.79. The number of carbonyl (C=O) groups is 2. The summed E-state index contributed by atoms with van der Waals surface area (Å²) in [6.07, 6.45) is -1.16. The van der Waals surface area contributed by atoms with E-state index in [1.807, 2.05) is 0 Å². The van der Waals surface area contributed by atoms with Crippen molar-refractivity contribution in [3.63, 3.8) is 0 Å². The van der Waals surface area contributed by atoms with Crippen LogP contribution in [0.1, 0.15) is 35.3 Å². The number of carbonyl (C=O) groups excluding carboxylic acids is 2. The Morgan fingerprint density at radius 3 is 2.54 bits per heavy atom. The van der Waals surface area contributed by atoms with Crippen LogP contribution in [0.15, 0.2) is 12.1 Å². The van der Waals surface area contributed by atoms with Crippen LogP contribution in [-0.2, 0) is 20.8 Å². The van der Waals surface area contributed by atoms with Gasteiger partial charge >= 0.3 is 13.1 Å². The molecule has 1 aromatic carbocycles. The van der Waals surface area contributed by atoms with Gasteiger partial charge in [0.2, 0.25) is 0 Å². The topological polar surface area (TPSA) is 125 Å². The van der Waals surface area contributed by atoms with Gasteiger partial charge in [-0.1, -0.05) is 19.9 Å². The molecule has 1 aliphatic heterocycles. The number of ether oxygens (including phenoxy) is 1. The maximum absolute atomic E-state index is 12.7. The second-order valence-electron chi connectivity index (χ2n) is 6.64. The number of amides is 1. The maximum atomic E-state index is 12.7. The summed E-state index contributed by atoms with van der Waals surface area (Å²) < 4.78 is 10.1. The van der Waals surface area contributed by atoms with E-state index in [9.17, 15) is 19.7 Å². The average Bonchev–Trinajstić information content (AvgIpc) is 2.98. The Bertz CT molecular complexity index is 690. The number of fused-ring (bicyclic) bond motifs is 1. The molecule has 0 aromatic heterocycles. The molecule has 0 saturated carbocycles. The number of hydrogen-bond donors (Lipinski definition) is 4. The fourth-order valence-electron chi connectivity index (χ4n) is 2.79. The van der Waals surface area contributed by atoms with E-state index in [4.69, 9.17) is 14.5 Å². The summed E-state index contributed by atoms with van der Waals surface area (Å²) in [7, 11) is -1.07. The lowest BCUT2D eigenvalue weighted by atomic mass is 9.75. The third-order valence-corrected chi connectivity index (χ3v) is 4.33. The standard InChI is InChI=1S/C17H24BNO7.2H2S/c1-9(2)15(17(23)25-8-12(21)6-20)19-16(22)13-5-4-11-7-26-18(24)14(11)10(13)3;;/h4-5,9,12,15,20-21,24H,6-8H2,1-3H3,(H,19,22);2*1H2/t12-,15-;;/m0../s1. The van der Waals surface area contributed by atoms with E-state index in [0.29, 0.717) is 16.6 Å². The van der Waals surface area contributed by atoms with Gasteiger partial charge in [0.25, 0.3) is 5.91 Å². The van der Waals surface area contributed by atoms with Crippen molar-refractivity contribution in [1.82, 2.24) is 5.32 Å². The fraction of sp³-hybridized carbons (Fsp3) is 0.529. The molecule has 0 saturated heterocycles. The first-order valence-electron chi connectivity index (χ1n) is 8.44. The zero-order chi connectivity index (χ0) is 19.4. The first-order chi connectivity index (χ1) is 12.3. The molecule has 0 bridgehead atoms. The highest BCUT2D eigenvalue weighted by atomic mass is 32.1. The molecule has 4 N–H and O–H groups in total. The third-order valence-electron chi connectivity index (χ3n) is 4.33. The van der Waals surface area contributed by atoms with Gasteiger partial charge in [-0.3, -0.25) is 4.79 Å². The summed E-state index contributed by atoms with van der Waals surface area (Å²) in [4.78, 5) is 24.9. The van der Waals surface area contributed by atoms with Gasteiger partial charge in [0, 0.05) is 5.56 Å². The van der Waals surface area contributed by atoms with Crippen LogP contribution in [0.25, 0.3) is 0 Å². The molecule has 0 spiro atoms. The van der Waals surface area contributed by atoms with Crippen LogP contribution in [0.2, 0.25) is 0 Å².